The van der Waals surface area contributed by atoms with Crippen LogP contribution in [-0.2, 0) is 9.59 Å². The number of rotatable bonds is 6. The number of carbonyl (C=O) groups is 2. The maximum Gasteiger partial charge on any atom is 0.414 e. The SMILES string of the molecule is Cc1cc2c(OC[C@@H](O)CN3CC[C@H](c4cc5c(C)cccc5s4)C[C@@H]3C)cccc2[nH]1.O=C(O)C(=O)O. The lowest BCUT2D eigenvalue weighted by Gasteiger charge is -2.38. The van der Waals surface area contributed by atoms with Crippen LogP contribution in [0.5, 0.6) is 5.75 Å². The summed E-state index contributed by atoms with van der Waals surface area (Å²) in [6, 6.07) is 17.6. The third kappa shape index (κ3) is 6.53. The number of ether oxygens (including phenoxy) is 1. The summed E-state index contributed by atoms with van der Waals surface area (Å²) >= 11 is 1.95. The predicted octanol–water partition coefficient (Wildman–Crippen LogP) is 5.16. The number of aromatic amines is 1. The third-order valence-electron chi connectivity index (χ3n) is 7.03. The predicted molar refractivity (Wildman–Crippen MR) is 149 cm³/mol. The van der Waals surface area contributed by atoms with Gasteiger partial charge in [-0.05, 0) is 87.4 Å². The first kappa shape index (κ1) is 27.6. The summed E-state index contributed by atoms with van der Waals surface area (Å²) in [6.45, 7) is 8.52. The van der Waals surface area contributed by atoms with Crippen LogP contribution >= 0.6 is 11.3 Å². The van der Waals surface area contributed by atoms with Crippen LogP contribution in [0.2, 0.25) is 0 Å². The molecule has 1 aliphatic rings. The highest BCUT2D eigenvalue weighted by Gasteiger charge is 2.29. The van der Waals surface area contributed by atoms with Crippen LogP contribution in [0.15, 0.2) is 48.5 Å². The van der Waals surface area contributed by atoms with Crippen molar-refractivity contribution >= 4 is 44.3 Å². The zero-order chi connectivity index (χ0) is 27.4. The maximum atomic E-state index is 10.7. The van der Waals surface area contributed by atoms with Gasteiger partial charge in [-0.15, -0.1) is 11.3 Å². The molecule has 0 radical (unpaired) electrons. The molecule has 38 heavy (non-hydrogen) atoms. The van der Waals surface area contributed by atoms with Gasteiger partial charge in [0.15, 0.2) is 0 Å². The highest BCUT2D eigenvalue weighted by molar-refractivity contribution is 7.19. The quantitative estimate of drug-likeness (QED) is 0.250. The standard InChI is InChI=1S/C27H32N2O2S.C2H2O4/c1-17-6-4-9-26-22(17)14-27(32-26)20-10-11-29(19(3)13-20)15-21(30)16-31-25-8-5-7-24-23(25)12-18(2)28-24;3-1(4)2(5)6/h4-9,12,14,19-21,28,30H,10-11,13,15-16H2,1-3H3;(H,3,4)(H,5,6)/t19-,20-,21-;/m0./s1. The van der Waals surface area contributed by atoms with Crippen molar-refractivity contribution in [2.75, 3.05) is 19.7 Å². The van der Waals surface area contributed by atoms with Gasteiger partial charge in [-0.2, -0.15) is 0 Å². The Bertz CT molecular complexity index is 1420. The van der Waals surface area contributed by atoms with Crippen LogP contribution in [0.25, 0.3) is 21.0 Å². The molecule has 5 rings (SSSR count). The maximum absolute atomic E-state index is 10.7. The number of piperidine rings is 1. The Balaban J connectivity index is 0.000000505. The normalized spacial score (nSPS) is 18.6. The van der Waals surface area contributed by atoms with Crippen molar-refractivity contribution in [3.8, 4) is 5.75 Å². The Kier molecular flexibility index (Phi) is 8.71. The molecule has 202 valence electrons. The zero-order valence-electron chi connectivity index (χ0n) is 21.8. The van der Waals surface area contributed by atoms with Gasteiger partial charge in [0, 0.05) is 38.8 Å². The van der Waals surface area contributed by atoms with Crippen molar-refractivity contribution < 1.29 is 29.6 Å². The summed E-state index contributed by atoms with van der Waals surface area (Å²) in [4.78, 5) is 25.5. The average molecular weight is 539 g/mol. The molecule has 1 aliphatic heterocycles. The van der Waals surface area contributed by atoms with E-state index in [2.05, 4.69) is 60.1 Å². The Morgan fingerprint density at radius 1 is 1.11 bits per heavy atom. The third-order valence-corrected chi connectivity index (χ3v) is 8.30. The number of nitrogens with one attached hydrogen (secondary N) is 1. The molecule has 0 amide bonds. The number of thiophene rings is 1. The second-order valence-corrected chi connectivity index (χ2v) is 11.1. The number of β-amino-alcohol motifs (C(OH)–C–C–N with tert-alkyl or cyclic N) is 1. The molecule has 8 nitrogen and oxygen atoms in total. The van der Waals surface area contributed by atoms with E-state index in [4.69, 9.17) is 24.5 Å². The molecule has 4 aromatic rings. The monoisotopic (exact) mass is 538 g/mol. The van der Waals surface area contributed by atoms with E-state index in [-0.39, 0.29) is 0 Å². The second-order valence-electron chi connectivity index (χ2n) is 9.95. The number of aliphatic hydroxyl groups excluding tert-OH is 1. The number of aromatic nitrogens is 1. The van der Waals surface area contributed by atoms with Gasteiger partial charge in [0.25, 0.3) is 0 Å². The number of H-pyrrole nitrogens is 1. The summed E-state index contributed by atoms with van der Waals surface area (Å²) in [5.74, 6) is -2.21. The van der Waals surface area contributed by atoms with E-state index < -0.39 is 18.0 Å². The number of aliphatic carboxylic acids is 2. The van der Waals surface area contributed by atoms with Gasteiger partial charge < -0.3 is 25.0 Å². The molecule has 1 saturated heterocycles. The molecule has 2 aromatic carbocycles. The molecule has 0 aliphatic carbocycles. The highest BCUT2D eigenvalue weighted by Crippen LogP contribution is 2.39. The molecule has 0 spiro atoms. The van der Waals surface area contributed by atoms with Gasteiger partial charge in [0.2, 0.25) is 0 Å². The number of nitrogens with zero attached hydrogens (tertiary/aromatic N) is 1. The number of fused-ring (bicyclic) bond motifs is 2. The van der Waals surface area contributed by atoms with Crippen molar-refractivity contribution in [1.82, 2.24) is 9.88 Å². The van der Waals surface area contributed by atoms with Crippen molar-refractivity contribution in [2.45, 2.75) is 51.7 Å². The Morgan fingerprint density at radius 2 is 1.84 bits per heavy atom. The summed E-state index contributed by atoms with van der Waals surface area (Å²) in [6.07, 6.45) is 1.78. The minimum Gasteiger partial charge on any atom is -0.490 e. The van der Waals surface area contributed by atoms with Crippen molar-refractivity contribution in [3.63, 3.8) is 0 Å². The van der Waals surface area contributed by atoms with Gasteiger partial charge in [0.1, 0.15) is 18.5 Å². The number of likely N-dealkylation sites (tertiary alicyclic amines) is 1. The van der Waals surface area contributed by atoms with E-state index >= 15 is 0 Å². The summed E-state index contributed by atoms with van der Waals surface area (Å²) in [7, 11) is 0. The number of carboxylic acid groups (broad SMARTS) is 2. The number of carboxylic acids is 2. The van der Waals surface area contributed by atoms with Gasteiger partial charge in [-0.3, -0.25) is 4.90 Å². The molecule has 0 saturated carbocycles. The Morgan fingerprint density at radius 3 is 2.53 bits per heavy atom. The molecular weight excluding hydrogens is 504 g/mol. The van der Waals surface area contributed by atoms with E-state index in [1.165, 1.54) is 20.5 Å². The van der Waals surface area contributed by atoms with E-state index in [0.29, 0.717) is 25.1 Å². The molecule has 3 atom stereocenters. The molecule has 0 unspecified atom stereocenters. The topological polar surface area (TPSA) is 123 Å². The first-order valence-electron chi connectivity index (χ1n) is 12.7. The van der Waals surface area contributed by atoms with E-state index in [0.717, 1.165) is 41.7 Å². The van der Waals surface area contributed by atoms with Gasteiger partial charge in [-0.1, -0.05) is 18.2 Å². The lowest BCUT2D eigenvalue weighted by atomic mass is 9.90. The molecule has 1 fully saturated rings. The van der Waals surface area contributed by atoms with Crippen molar-refractivity contribution in [2.24, 2.45) is 0 Å². The smallest absolute Gasteiger partial charge is 0.414 e. The average Bonchev–Trinajstić information content (AvgIpc) is 3.48. The van der Waals surface area contributed by atoms with Gasteiger partial charge in [0.05, 0.1) is 0 Å². The molecule has 4 N–H and O–H groups in total. The van der Waals surface area contributed by atoms with Crippen LogP contribution in [0.1, 0.15) is 41.8 Å². The lowest BCUT2D eigenvalue weighted by molar-refractivity contribution is -0.159. The van der Waals surface area contributed by atoms with Gasteiger partial charge in [-0.25, -0.2) is 9.59 Å². The summed E-state index contributed by atoms with van der Waals surface area (Å²) in [5, 5.41) is 28.0. The fraction of sp³-hybridized carbons (Fsp3) is 0.379. The van der Waals surface area contributed by atoms with Crippen LogP contribution < -0.4 is 4.74 Å². The van der Waals surface area contributed by atoms with Crippen LogP contribution in [-0.4, -0.2) is 69.0 Å². The van der Waals surface area contributed by atoms with Crippen molar-refractivity contribution in [1.29, 1.82) is 0 Å². The van der Waals surface area contributed by atoms with Crippen molar-refractivity contribution in [3.05, 3.63) is 64.7 Å². The molecular formula is C29H34N2O6S. The highest BCUT2D eigenvalue weighted by atomic mass is 32.1. The zero-order valence-corrected chi connectivity index (χ0v) is 22.6. The number of hydrogen-bond acceptors (Lipinski definition) is 6. The fourth-order valence-corrected chi connectivity index (χ4v) is 6.37. The van der Waals surface area contributed by atoms with E-state index in [1.807, 2.05) is 30.4 Å². The Labute approximate surface area is 225 Å². The largest absolute Gasteiger partial charge is 0.490 e. The fourth-order valence-electron chi connectivity index (χ4n) is 5.08. The van der Waals surface area contributed by atoms with E-state index in [1.54, 1.807) is 0 Å². The number of benzene rings is 2. The lowest BCUT2D eigenvalue weighted by Crippen LogP contribution is -2.45. The number of aliphatic hydroxyl groups is 1. The molecule has 0 bridgehead atoms. The van der Waals surface area contributed by atoms with Crippen LogP contribution in [0.3, 0.4) is 0 Å². The van der Waals surface area contributed by atoms with E-state index in [9.17, 15) is 5.11 Å². The number of hydrogen-bond donors (Lipinski definition) is 4. The summed E-state index contributed by atoms with van der Waals surface area (Å²) < 4.78 is 7.41. The Hall–Kier alpha value is -3.40. The molecule has 3 heterocycles. The van der Waals surface area contributed by atoms with Gasteiger partial charge >= 0.3 is 11.9 Å². The number of aryl methyl sites for hydroxylation is 2. The second kappa shape index (κ2) is 12.0. The molecule has 9 heteroatoms. The first-order chi connectivity index (χ1) is 18.1. The molecule has 2 aromatic heterocycles. The minimum absolute atomic E-state index is 0.311. The first-order valence-corrected chi connectivity index (χ1v) is 13.5. The minimum atomic E-state index is -1.82. The van der Waals surface area contributed by atoms with Crippen LogP contribution in [0, 0.1) is 13.8 Å². The summed E-state index contributed by atoms with van der Waals surface area (Å²) in [5.41, 5.74) is 3.55. The van der Waals surface area contributed by atoms with Crippen LogP contribution in [0.4, 0.5) is 0 Å².